The molecule has 3 aromatic rings. The Bertz CT molecular complexity index is 866. The van der Waals surface area contributed by atoms with Crippen molar-refractivity contribution in [3.05, 3.63) is 60.7 Å². The average molecular weight is 360 g/mol. The average Bonchev–Trinajstić information content (AvgIpc) is 2.72. The summed E-state index contributed by atoms with van der Waals surface area (Å²) in [6.07, 6.45) is 2.25. The van der Waals surface area contributed by atoms with Crippen molar-refractivity contribution in [2.24, 2.45) is 0 Å². The number of benzene rings is 2. The molecule has 0 aliphatic carbocycles. The van der Waals surface area contributed by atoms with Gasteiger partial charge in [-0.15, -0.1) is 10.2 Å². The number of carbonyl (C=O) groups is 1. The maximum atomic E-state index is 10.7. The maximum Gasteiger partial charge on any atom is 0.246 e. The van der Waals surface area contributed by atoms with Crippen molar-refractivity contribution in [3.63, 3.8) is 0 Å². The van der Waals surface area contributed by atoms with Crippen LogP contribution < -0.4 is 4.90 Å². The summed E-state index contributed by atoms with van der Waals surface area (Å²) < 4.78 is 0. The van der Waals surface area contributed by atoms with E-state index in [-0.39, 0.29) is 6.04 Å². The van der Waals surface area contributed by atoms with Crippen LogP contribution in [0.25, 0.3) is 22.5 Å². The van der Waals surface area contributed by atoms with Crippen molar-refractivity contribution in [2.45, 2.75) is 32.7 Å². The molecule has 1 heterocycles. The van der Waals surface area contributed by atoms with E-state index >= 15 is 0 Å². The second-order valence-electron chi connectivity index (χ2n) is 6.64. The molecule has 0 N–H and O–H groups in total. The molecule has 0 aliphatic heterocycles. The van der Waals surface area contributed by atoms with E-state index in [1.165, 1.54) is 0 Å². The highest BCUT2D eigenvalue weighted by Crippen LogP contribution is 2.29. The molecule has 5 heteroatoms. The van der Waals surface area contributed by atoms with Crippen LogP contribution in [0.2, 0.25) is 0 Å². The van der Waals surface area contributed by atoms with Gasteiger partial charge in [-0.05, 0) is 20.3 Å². The Labute approximate surface area is 160 Å². The van der Waals surface area contributed by atoms with Crippen LogP contribution in [0.5, 0.6) is 0 Å². The van der Waals surface area contributed by atoms with Crippen molar-refractivity contribution in [1.29, 1.82) is 0 Å². The van der Waals surface area contributed by atoms with Gasteiger partial charge in [-0.25, -0.2) is 4.98 Å². The third kappa shape index (κ3) is 4.56. The van der Waals surface area contributed by atoms with E-state index < -0.39 is 0 Å². The Balaban J connectivity index is 2.06. The number of rotatable bonds is 8. The fourth-order valence-corrected chi connectivity index (χ4v) is 2.96. The Kier molecular flexibility index (Phi) is 6.26. The zero-order valence-electron chi connectivity index (χ0n) is 15.7. The minimum absolute atomic E-state index is 0.213. The van der Waals surface area contributed by atoms with Crippen molar-refractivity contribution < 1.29 is 4.79 Å². The third-order valence-corrected chi connectivity index (χ3v) is 4.37. The van der Waals surface area contributed by atoms with Crippen LogP contribution in [0.4, 0.5) is 5.95 Å². The zero-order valence-corrected chi connectivity index (χ0v) is 15.7. The molecule has 0 saturated carbocycles. The standard InChI is InChI=1S/C22H24N4O/c1-17(2)26(15-9-10-16-27)22-23-20(18-11-5-3-6-12-18)21(24-25-22)19-13-7-4-8-14-19/h3-8,11-14,16-17H,9-10,15H2,1-2H3. The summed E-state index contributed by atoms with van der Waals surface area (Å²) in [5.74, 6) is 0.592. The molecule has 3 rings (SSSR count). The van der Waals surface area contributed by atoms with Gasteiger partial charge in [0.05, 0.1) is 0 Å². The van der Waals surface area contributed by atoms with E-state index in [1.807, 2.05) is 60.7 Å². The van der Waals surface area contributed by atoms with E-state index in [9.17, 15) is 4.79 Å². The smallest absolute Gasteiger partial charge is 0.246 e. The first-order chi connectivity index (χ1) is 13.2. The fraction of sp³-hybridized carbons (Fsp3) is 0.273. The summed E-state index contributed by atoms with van der Waals surface area (Å²) in [6, 6.07) is 20.2. The number of hydrogen-bond acceptors (Lipinski definition) is 5. The predicted molar refractivity (Wildman–Crippen MR) is 108 cm³/mol. The molecule has 2 aromatic carbocycles. The normalized spacial score (nSPS) is 10.8. The molecule has 0 spiro atoms. The van der Waals surface area contributed by atoms with Crippen molar-refractivity contribution >= 4 is 12.2 Å². The van der Waals surface area contributed by atoms with E-state index in [1.54, 1.807) is 0 Å². The third-order valence-electron chi connectivity index (χ3n) is 4.37. The Morgan fingerprint density at radius 1 is 0.889 bits per heavy atom. The second kappa shape index (κ2) is 9.03. The number of anilines is 1. The lowest BCUT2D eigenvalue weighted by Gasteiger charge is -2.26. The Morgan fingerprint density at radius 2 is 1.48 bits per heavy atom. The predicted octanol–water partition coefficient (Wildman–Crippen LogP) is 4.40. The lowest BCUT2D eigenvalue weighted by Crippen LogP contribution is -2.33. The fourth-order valence-electron chi connectivity index (χ4n) is 2.96. The first-order valence-corrected chi connectivity index (χ1v) is 9.26. The molecule has 0 amide bonds. The van der Waals surface area contributed by atoms with Gasteiger partial charge in [0.1, 0.15) is 17.7 Å². The summed E-state index contributed by atoms with van der Waals surface area (Å²) in [5, 5.41) is 8.95. The first kappa shape index (κ1) is 18.7. The van der Waals surface area contributed by atoms with Gasteiger partial charge in [0.15, 0.2) is 0 Å². The van der Waals surface area contributed by atoms with Gasteiger partial charge in [0, 0.05) is 30.1 Å². The molecule has 0 unspecified atom stereocenters. The lowest BCUT2D eigenvalue weighted by molar-refractivity contribution is -0.107. The first-order valence-electron chi connectivity index (χ1n) is 9.26. The van der Waals surface area contributed by atoms with E-state index in [4.69, 9.17) is 4.98 Å². The molecule has 0 aliphatic rings. The van der Waals surface area contributed by atoms with Crippen molar-refractivity contribution in [1.82, 2.24) is 15.2 Å². The van der Waals surface area contributed by atoms with Gasteiger partial charge in [-0.3, -0.25) is 0 Å². The van der Waals surface area contributed by atoms with Crippen LogP contribution in [0, 0.1) is 0 Å². The monoisotopic (exact) mass is 360 g/mol. The quantitative estimate of drug-likeness (QED) is 0.440. The molecule has 0 atom stereocenters. The van der Waals surface area contributed by atoms with E-state index in [2.05, 4.69) is 28.9 Å². The van der Waals surface area contributed by atoms with Gasteiger partial charge in [-0.2, -0.15) is 0 Å². The highest BCUT2D eigenvalue weighted by Gasteiger charge is 2.18. The molecule has 0 saturated heterocycles. The summed E-state index contributed by atoms with van der Waals surface area (Å²) >= 11 is 0. The SMILES string of the molecule is CC(C)N(CCCC=O)c1nnc(-c2ccccc2)c(-c2ccccc2)n1. The van der Waals surface area contributed by atoms with Crippen LogP contribution in [0.1, 0.15) is 26.7 Å². The Morgan fingerprint density at radius 3 is 2.04 bits per heavy atom. The molecule has 0 radical (unpaired) electrons. The van der Waals surface area contributed by atoms with Gasteiger partial charge in [0.2, 0.25) is 5.95 Å². The van der Waals surface area contributed by atoms with Crippen LogP contribution in [0.3, 0.4) is 0 Å². The molecule has 5 nitrogen and oxygen atoms in total. The molecular formula is C22H24N4O. The summed E-state index contributed by atoms with van der Waals surface area (Å²) in [7, 11) is 0. The zero-order chi connectivity index (χ0) is 19.1. The minimum atomic E-state index is 0.213. The molecule has 1 aromatic heterocycles. The number of hydrogen-bond donors (Lipinski definition) is 0. The maximum absolute atomic E-state index is 10.7. The highest BCUT2D eigenvalue weighted by atomic mass is 16.1. The number of carbonyl (C=O) groups excluding carboxylic acids is 1. The van der Waals surface area contributed by atoms with Gasteiger partial charge in [-0.1, -0.05) is 60.7 Å². The summed E-state index contributed by atoms with van der Waals surface area (Å²) in [5.41, 5.74) is 3.57. The molecule has 0 bridgehead atoms. The van der Waals surface area contributed by atoms with Crippen molar-refractivity contribution in [2.75, 3.05) is 11.4 Å². The molecular weight excluding hydrogens is 336 g/mol. The minimum Gasteiger partial charge on any atom is -0.337 e. The van der Waals surface area contributed by atoms with Crippen LogP contribution in [-0.4, -0.2) is 34.1 Å². The highest BCUT2D eigenvalue weighted by molar-refractivity contribution is 5.78. The lowest BCUT2D eigenvalue weighted by atomic mass is 10.0. The van der Waals surface area contributed by atoms with Gasteiger partial charge < -0.3 is 9.69 Å². The number of nitrogens with zero attached hydrogens (tertiary/aromatic N) is 4. The van der Waals surface area contributed by atoms with E-state index in [0.29, 0.717) is 12.4 Å². The number of unbranched alkanes of at least 4 members (excludes halogenated alkanes) is 1. The van der Waals surface area contributed by atoms with E-state index in [0.717, 1.165) is 41.8 Å². The molecule has 138 valence electrons. The van der Waals surface area contributed by atoms with Gasteiger partial charge in [0.25, 0.3) is 0 Å². The van der Waals surface area contributed by atoms with Crippen LogP contribution >= 0.6 is 0 Å². The second-order valence-corrected chi connectivity index (χ2v) is 6.64. The number of aldehydes is 1. The largest absolute Gasteiger partial charge is 0.337 e. The Hall–Kier alpha value is -3.08. The molecule has 0 fully saturated rings. The van der Waals surface area contributed by atoms with Gasteiger partial charge >= 0.3 is 0 Å². The molecule has 27 heavy (non-hydrogen) atoms. The van der Waals surface area contributed by atoms with Crippen LogP contribution in [-0.2, 0) is 4.79 Å². The van der Waals surface area contributed by atoms with Crippen molar-refractivity contribution in [3.8, 4) is 22.5 Å². The number of aromatic nitrogens is 3. The topological polar surface area (TPSA) is 59.0 Å². The summed E-state index contributed by atoms with van der Waals surface area (Å²) in [6.45, 7) is 4.91. The van der Waals surface area contributed by atoms with Crippen LogP contribution in [0.15, 0.2) is 60.7 Å². The summed E-state index contributed by atoms with van der Waals surface area (Å²) in [4.78, 5) is 17.6.